The van der Waals surface area contributed by atoms with Gasteiger partial charge >= 0.3 is 0 Å². The molecule has 2 aromatic carbocycles. The molecule has 39 heavy (non-hydrogen) atoms. The lowest BCUT2D eigenvalue weighted by Gasteiger charge is -2.25. The van der Waals surface area contributed by atoms with Gasteiger partial charge in [-0.3, -0.25) is 14.9 Å². The molecule has 2 aliphatic rings. The van der Waals surface area contributed by atoms with Crippen LogP contribution in [0.3, 0.4) is 0 Å². The van der Waals surface area contributed by atoms with Crippen LogP contribution in [-0.2, 0) is 11.8 Å². The molecule has 1 atom stereocenters. The first-order valence-corrected chi connectivity index (χ1v) is 13.6. The topological polar surface area (TPSA) is 84.5 Å². The number of hydrogen-bond donors (Lipinski definition) is 1. The number of carbonyl (C=O) groups excluding carboxylic acids is 2. The molecule has 1 saturated carbocycles. The Morgan fingerprint density at radius 2 is 1.85 bits per heavy atom. The zero-order chi connectivity index (χ0) is 26.7. The molecule has 2 fully saturated rings. The van der Waals surface area contributed by atoms with Crippen LogP contribution in [0.4, 0.5) is 5.95 Å². The smallest absolute Gasteiger partial charge is 0.256 e. The third kappa shape index (κ3) is 4.26. The minimum Gasteiger partial charge on any atom is -0.350 e. The van der Waals surface area contributed by atoms with E-state index in [9.17, 15) is 9.59 Å². The lowest BCUT2D eigenvalue weighted by atomic mass is 10.0. The summed E-state index contributed by atoms with van der Waals surface area (Å²) in [6.07, 6.45) is 7.65. The van der Waals surface area contributed by atoms with E-state index in [4.69, 9.17) is 0 Å². The number of anilines is 1. The highest BCUT2D eigenvalue weighted by Gasteiger charge is 2.32. The average molecular weight is 519 g/mol. The Kier molecular flexibility index (Phi) is 5.50. The predicted molar refractivity (Wildman–Crippen MR) is 150 cm³/mol. The number of aryl methyl sites for hydroxylation is 2. The maximum atomic E-state index is 14.0. The molecule has 0 spiro atoms. The van der Waals surface area contributed by atoms with Crippen LogP contribution in [0.2, 0.25) is 0 Å². The van der Waals surface area contributed by atoms with Gasteiger partial charge in [-0.05, 0) is 73.6 Å². The van der Waals surface area contributed by atoms with E-state index in [0.717, 1.165) is 59.8 Å². The molecule has 3 aromatic heterocycles. The van der Waals surface area contributed by atoms with Crippen LogP contribution in [0.1, 0.15) is 53.2 Å². The van der Waals surface area contributed by atoms with E-state index in [1.54, 1.807) is 4.52 Å². The van der Waals surface area contributed by atoms with Gasteiger partial charge in [0.15, 0.2) is 5.65 Å². The second-order valence-corrected chi connectivity index (χ2v) is 10.9. The molecule has 2 amide bonds. The number of nitrogens with zero attached hydrogens (tertiary/aromatic N) is 5. The molecular formula is C31H30N6O2. The van der Waals surface area contributed by atoms with Crippen molar-refractivity contribution in [2.24, 2.45) is 13.0 Å². The van der Waals surface area contributed by atoms with Crippen LogP contribution in [0.5, 0.6) is 0 Å². The zero-order valence-electron chi connectivity index (χ0n) is 22.1. The number of benzene rings is 2. The minimum atomic E-state index is -0.0134. The Hall–Kier alpha value is -4.46. The van der Waals surface area contributed by atoms with Crippen molar-refractivity contribution in [1.82, 2.24) is 24.1 Å². The number of hydrogen-bond acceptors (Lipinski definition) is 4. The van der Waals surface area contributed by atoms with Gasteiger partial charge in [-0.2, -0.15) is 4.98 Å². The van der Waals surface area contributed by atoms with Crippen molar-refractivity contribution in [2.75, 3.05) is 11.9 Å². The fourth-order valence-electron chi connectivity index (χ4n) is 5.80. The summed E-state index contributed by atoms with van der Waals surface area (Å²) in [5, 5.41) is 8.15. The Morgan fingerprint density at radius 3 is 2.67 bits per heavy atom. The fraction of sp³-hybridized carbons (Fsp3) is 0.290. The van der Waals surface area contributed by atoms with E-state index in [2.05, 4.69) is 64.8 Å². The molecule has 196 valence electrons. The zero-order valence-corrected chi connectivity index (χ0v) is 22.1. The number of fused-ring (bicyclic) bond motifs is 2. The van der Waals surface area contributed by atoms with Crippen LogP contribution in [0, 0.1) is 12.8 Å². The molecule has 1 aliphatic heterocycles. The van der Waals surface area contributed by atoms with Gasteiger partial charge in [0.05, 0.1) is 11.6 Å². The third-order valence-corrected chi connectivity index (χ3v) is 8.01. The van der Waals surface area contributed by atoms with E-state index in [1.165, 1.54) is 11.1 Å². The Labute approximate surface area is 226 Å². The largest absolute Gasteiger partial charge is 0.350 e. The molecular weight excluding hydrogens is 488 g/mol. The van der Waals surface area contributed by atoms with Crippen molar-refractivity contribution < 1.29 is 9.59 Å². The van der Waals surface area contributed by atoms with Crippen molar-refractivity contribution in [3.63, 3.8) is 0 Å². The highest BCUT2D eigenvalue weighted by Crippen LogP contribution is 2.36. The van der Waals surface area contributed by atoms with Gasteiger partial charge in [0, 0.05) is 42.8 Å². The summed E-state index contributed by atoms with van der Waals surface area (Å²) in [4.78, 5) is 32.6. The van der Waals surface area contributed by atoms with Crippen LogP contribution < -0.4 is 5.32 Å². The number of amides is 2. The Bertz CT molecular complexity index is 1760. The average Bonchev–Trinajstić information content (AvgIpc) is 3.39. The molecule has 8 heteroatoms. The Morgan fingerprint density at radius 1 is 1.00 bits per heavy atom. The normalized spacial score (nSPS) is 17.3. The van der Waals surface area contributed by atoms with Crippen LogP contribution in [-0.4, -0.2) is 42.4 Å². The van der Waals surface area contributed by atoms with Crippen LogP contribution >= 0.6 is 0 Å². The second kappa shape index (κ2) is 9.08. The van der Waals surface area contributed by atoms with Crippen molar-refractivity contribution >= 4 is 34.3 Å². The Balaban J connectivity index is 1.22. The predicted octanol–water partition coefficient (Wildman–Crippen LogP) is 5.52. The summed E-state index contributed by atoms with van der Waals surface area (Å²) in [6, 6.07) is 18.8. The summed E-state index contributed by atoms with van der Waals surface area (Å²) >= 11 is 0. The van der Waals surface area contributed by atoms with Crippen LogP contribution in [0.15, 0.2) is 67.0 Å². The molecule has 1 N–H and O–H groups in total. The quantitative estimate of drug-likeness (QED) is 0.332. The first kappa shape index (κ1) is 23.6. The number of pyridine rings is 1. The number of likely N-dealkylation sites (tertiary alicyclic amines) is 1. The number of nitrogens with one attached hydrogen (secondary N) is 1. The SMILES string of the molecule is Cc1cccc(C2CCCN2C(=O)c2cn(C)c3ccc(-c4ccn5nc(NC(=O)C6CC6)nc5c4)cc23)c1. The van der Waals surface area contributed by atoms with Crippen molar-refractivity contribution in [3.8, 4) is 11.1 Å². The van der Waals surface area contributed by atoms with Crippen molar-refractivity contribution in [2.45, 2.75) is 38.6 Å². The molecule has 8 nitrogen and oxygen atoms in total. The number of aromatic nitrogens is 4. The molecule has 0 bridgehead atoms. The van der Waals surface area contributed by atoms with E-state index < -0.39 is 0 Å². The molecule has 7 rings (SSSR count). The number of rotatable bonds is 5. The highest BCUT2D eigenvalue weighted by atomic mass is 16.2. The van der Waals surface area contributed by atoms with Gasteiger partial charge in [-0.1, -0.05) is 35.9 Å². The monoisotopic (exact) mass is 518 g/mol. The summed E-state index contributed by atoms with van der Waals surface area (Å²) in [5.74, 6) is 0.477. The molecule has 1 aliphatic carbocycles. The summed E-state index contributed by atoms with van der Waals surface area (Å²) in [7, 11) is 1.99. The van der Waals surface area contributed by atoms with Gasteiger partial charge < -0.3 is 9.47 Å². The van der Waals surface area contributed by atoms with Gasteiger partial charge in [0.25, 0.3) is 5.91 Å². The standard InChI is InChI=1S/C31H30N6O2/c1-19-5-3-6-23(15-19)26-7-4-13-36(26)30(39)25-18-35(2)27-11-10-21(16-24(25)27)22-12-14-37-28(17-22)32-31(34-37)33-29(38)20-8-9-20/h3,5-6,10-12,14-18,20,26H,4,7-9,13H2,1-2H3,(H,33,34,38). The maximum absolute atomic E-state index is 14.0. The summed E-state index contributed by atoms with van der Waals surface area (Å²) in [6.45, 7) is 2.86. The molecule has 4 heterocycles. The number of carbonyl (C=O) groups is 2. The second-order valence-electron chi connectivity index (χ2n) is 10.9. The first-order chi connectivity index (χ1) is 18.9. The lowest BCUT2D eigenvalue weighted by Crippen LogP contribution is -2.30. The van der Waals surface area contributed by atoms with Crippen LogP contribution in [0.25, 0.3) is 27.7 Å². The van der Waals surface area contributed by atoms with Gasteiger partial charge in [0.2, 0.25) is 11.9 Å². The maximum Gasteiger partial charge on any atom is 0.256 e. The molecule has 1 saturated heterocycles. The molecule has 5 aromatic rings. The molecule has 0 radical (unpaired) electrons. The van der Waals surface area contributed by atoms with Gasteiger partial charge in [0.1, 0.15) is 0 Å². The van der Waals surface area contributed by atoms with E-state index >= 15 is 0 Å². The summed E-state index contributed by atoms with van der Waals surface area (Å²) in [5.41, 5.74) is 6.77. The fourth-order valence-corrected chi connectivity index (χ4v) is 5.80. The molecule has 1 unspecified atom stereocenters. The lowest BCUT2D eigenvalue weighted by molar-refractivity contribution is -0.117. The van der Waals surface area contributed by atoms with Crippen molar-refractivity contribution in [1.29, 1.82) is 0 Å². The van der Waals surface area contributed by atoms with E-state index in [0.29, 0.717) is 11.6 Å². The highest BCUT2D eigenvalue weighted by molar-refractivity contribution is 6.08. The summed E-state index contributed by atoms with van der Waals surface area (Å²) < 4.78 is 3.70. The minimum absolute atomic E-state index is 0.0134. The van der Waals surface area contributed by atoms with Crippen molar-refractivity contribution in [3.05, 3.63) is 83.7 Å². The first-order valence-electron chi connectivity index (χ1n) is 13.6. The van der Waals surface area contributed by atoms with E-state index in [1.807, 2.05) is 41.0 Å². The van der Waals surface area contributed by atoms with Gasteiger partial charge in [-0.25, -0.2) is 4.52 Å². The third-order valence-electron chi connectivity index (χ3n) is 8.01. The van der Waals surface area contributed by atoms with Gasteiger partial charge in [-0.15, -0.1) is 5.10 Å². The van der Waals surface area contributed by atoms with E-state index in [-0.39, 0.29) is 23.8 Å².